The van der Waals surface area contributed by atoms with Crippen LogP contribution in [0, 0.1) is 11.8 Å². The van der Waals surface area contributed by atoms with Gasteiger partial charge >= 0.3 is 5.97 Å². The first kappa shape index (κ1) is 15.1. The van der Waals surface area contributed by atoms with Gasteiger partial charge < -0.3 is 10.0 Å². The van der Waals surface area contributed by atoms with Crippen molar-refractivity contribution in [3.8, 4) is 0 Å². The Bertz CT molecular complexity index is 383. The van der Waals surface area contributed by atoms with Gasteiger partial charge in [-0.25, -0.2) is 0 Å². The van der Waals surface area contributed by atoms with Gasteiger partial charge in [-0.1, -0.05) is 37.8 Å². The standard InChI is InChI=1S/C16H25NO3/c1-17(12-8-4-2-3-5-9-12)15(18)13-10-6-7-11-14(13)16(19)20/h6-7,12-14H,2-5,8-11H2,1H3,(H,19,20)/t13-,14+/m1/s1. The van der Waals surface area contributed by atoms with E-state index >= 15 is 0 Å². The smallest absolute Gasteiger partial charge is 0.307 e. The number of hydrogen-bond donors (Lipinski definition) is 1. The molecule has 0 aromatic rings. The second kappa shape index (κ2) is 6.91. The van der Waals surface area contributed by atoms with Crippen LogP contribution in [0.5, 0.6) is 0 Å². The molecule has 0 radical (unpaired) electrons. The van der Waals surface area contributed by atoms with Crippen molar-refractivity contribution in [3.63, 3.8) is 0 Å². The van der Waals surface area contributed by atoms with Crippen LogP contribution >= 0.6 is 0 Å². The first-order valence-corrected chi connectivity index (χ1v) is 7.75. The van der Waals surface area contributed by atoms with E-state index in [1.54, 1.807) is 0 Å². The maximum Gasteiger partial charge on any atom is 0.307 e. The molecule has 0 aliphatic heterocycles. The first-order chi connectivity index (χ1) is 9.61. The van der Waals surface area contributed by atoms with Gasteiger partial charge in [-0.15, -0.1) is 0 Å². The van der Waals surface area contributed by atoms with Gasteiger partial charge in [0.15, 0.2) is 0 Å². The molecule has 4 nitrogen and oxygen atoms in total. The third-order valence-electron chi connectivity index (χ3n) is 4.79. The summed E-state index contributed by atoms with van der Waals surface area (Å²) in [4.78, 5) is 25.8. The van der Waals surface area contributed by atoms with Crippen LogP contribution in [0.2, 0.25) is 0 Å². The maximum absolute atomic E-state index is 12.7. The molecule has 0 saturated heterocycles. The zero-order valence-corrected chi connectivity index (χ0v) is 12.3. The number of carbonyl (C=O) groups excluding carboxylic acids is 1. The molecule has 0 heterocycles. The van der Waals surface area contributed by atoms with Crippen molar-refractivity contribution in [2.24, 2.45) is 11.8 Å². The van der Waals surface area contributed by atoms with Gasteiger partial charge in [0.2, 0.25) is 5.91 Å². The molecule has 1 N–H and O–H groups in total. The molecule has 1 amide bonds. The number of carboxylic acids is 1. The van der Waals surface area contributed by atoms with Crippen molar-refractivity contribution in [3.05, 3.63) is 12.2 Å². The molecule has 1 saturated carbocycles. The molecule has 20 heavy (non-hydrogen) atoms. The van der Waals surface area contributed by atoms with E-state index in [4.69, 9.17) is 0 Å². The molecular formula is C16H25NO3. The Labute approximate surface area is 120 Å². The molecule has 112 valence electrons. The zero-order valence-electron chi connectivity index (χ0n) is 12.3. The van der Waals surface area contributed by atoms with Gasteiger partial charge in [-0.05, 0) is 25.7 Å². The molecule has 2 atom stereocenters. The predicted molar refractivity (Wildman–Crippen MR) is 77.2 cm³/mol. The van der Waals surface area contributed by atoms with Crippen LogP contribution in [-0.2, 0) is 9.59 Å². The molecule has 0 unspecified atom stereocenters. The topological polar surface area (TPSA) is 57.6 Å². The normalized spacial score (nSPS) is 27.9. The number of carboxylic acid groups (broad SMARTS) is 1. The summed E-state index contributed by atoms with van der Waals surface area (Å²) in [5, 5.41) is 9.29. The Hall–Kier alpha value is -1.32. The summed E-state index contributed by atoms with van der Waals surface area (Å²) in [7, 11) is 1.86. The van der Waals surface area contributed by atoms with Crippen LogP contribution in [0.1, 0.15) is 51.4 Å². The fourth-order valence-electron chi connectivity index (χ4n) is 3.45. The molecule has 4 heteroatoms. The molecule has 0 aromatic carbocycles. The lowest BCUT2D eigenvalue weighted by Crippen LogP contribution is -2.44. The Balaban J connectivity index is 2.04. The third-order valence-corrected chi connectivity index (χ3v) is 4.79. The van der Waals surface area contributed by atoms with E-state index < -0.39 is 11.9 Å². The highest BCUT2D eigenvalue weighted by Gasteiger charge is 2.37. The summed E-state index contributed by atoms with van der Waals surface area (Å²) in [6, 6.07) is 0.297. The highest BCUT2D eigenvalue weighted by atomic mass is 16.4. The Morgan fingerprint density at radius 1 is 1.00 bits per heavy atom. The van der Waals surface area contributed by atoms with Crippen LogP contribution in [0.25, 0.3) is 0 Å². The molecule has 2 aliphatic rings. The van der Waals surface area contributed by atoms with E-state index in [0.29, 0.717) is 18.9 Å². The van der Waals surface area contributed by atoms with Crippen LogP contribution in [0.3, 0.4) is 0 Å². The number of aliphatic carboxylic acids is 1. The van der Waals surface area contributed by atoms with Gasteiger partial charge in [0.1, 0.15) is 0 Å². The number of nitrogens with zero attached hydrogens (tertiary/aromatic N) is 1. The molecule has 2 rings (SSSR count). The molecule has 2 aliphatic carbocycles. The minimum Gasteiger partial charge on any atom is -0.481 e. The number of amides is 1. The summed E-state index contributed by atoms with van der Waals surface area (Å²) in [5.41, 5.74) is 0. The molecule has 1 fully saturated rings. The summed E-state index contributed by atoms with van der Waals surface area (Å²) < 4.78 is 0. The van der Waals surface area contributed by atoms with Gasteiger partial charge in [-0.3, -0.25) is 9.59 Å². The molecule has 0 bridgehead atoms. The summed E-state index contributed by atoms with van der Waals surface area (Å²) >= 11 is 0. The quantitative estimate of drug-likeness (QED) is 0.638. The second-order valence-corrected chi connectivity index (χ2v) is 6.09. The summed E-state index contributed by atoms with van der Waals surface area (Å²) in [6.07, 6.45) is 11.8. The van der Waals surface area contributed by atoms with E-state index in [-0.39, 0.29) is 11.8 Å². The highest BCUT2D eigenvalue weighted by molar-refractivity contribution is 5.85. The van der Waals surface area contributed by atoms with Crippen LogP contribution in [-0.4, -0.2) is 35.0 Å². The van der Waals surface area contributed by atoms with Crippen LogP contribution in [0.15, 0.2) is 12.2 Å². The number of rotatable bonds is 3. The van der Waals surface area contributed by atoms with Gasteiger partial charge in [0, 0.05) is 13.1 Å². The first-order valence-electron chi connectivity index (χ1n) is 7.75. The second-order valence-electron chi connectivity index (χ2n) is 6.09. The average molecular weight is 279 g/mol. The fraction of sp³-hybridized carbons (Fsp3) is 0.750. The molecule has 0 spiro atoms. The Kier molecular flexibility index (Phi) is 5.21. The van der Waals surface area contributed by atoms with E-state index in [9.17, 15) is 14.7 Å². The van der Waals surface area contributed by atoms with Crippen molar-refractivity contribution < 1.29 is 14.7 Å². The predicted octanol–water partition coefficient (Wildman–Crippen LogP) is 2.83. The SMILES string of the molecule is CN(C(=O)[C@@H]1CC=CC[C@@H]1C(=O)O)C1CCCCCC1. The lowest BCUT2D eigenvalue weighted by atomic mass is 9.82. The van der Waals surface area contributed by atoms with Crippen LogP contribution in [0.4, 0.5) is 0 Å². The van der Waals surface area contributed by atoms with E-state index in [0.717, 1.165) is 12.8 Å². The van der Waals surface area contributed by atoms with Crippen LogP contribution < -0.4 is 0 Å². The number of carbonyl (C=O) groups is 2. The summed E-state index contributed by atoms with van der Waals surface area (Å²) in [6.45, 7) is 0. The fourth-order valence-corrected chi connectivity index (χ4v) is 3.45. The highest BCUT2D eigenvalue weighted by Crippen LogP contribution is 2.30. The van der Waals surface area contributed by atoms with E-state index in [1.165, 1.54) is 25.7 Å². The van der Waals surface area contributed by atoms with Crippen molar-refractivity contribution in [1.29, 1.82) is 0 Å². The molecular weight excluding hydrogens is 254 g/mol. The largest absolute Gasteiger partial charge is 0.481 e. The lowest BCUT2D eigenvalue weighted by Gasteiger charge is -2.33. The van der Waals surface area contributed by atoms with E-state index in [1.807, 2.05) is 24.1 Å². The Morgan fingerprint density at radius 2 is 1.55 bits per heavy atom. The molecule has 0 aromatic heterocycles. The van der Waals surface area contributed by atoms with E-state index in [2.05, 4.69) is 0 Å². The van der Waals surface area contributed by atoms with Gasteiger partial charge in [-0.2, -0.15) is 0 Å². The maximum atomic E-state index is 12.7. The van der Waals surface area contributed by atoms with Crippen molar-refractivity contribution >= 4 is 11.9 Å². The minimum atomic E-state index is -0.845. The number of allylic oxidation sites excluding steroid dienone is 2. The third kappa shape index (κ3) is 3.41. The number of hydrogen-bond acceptors (Lipinski definition) is 2. The minimum absolute atomic E-state index is 0.0219. The van der Waals surface area contributed by atoms with Crippen molar-refractivity contribution in [2.45, 2.75) is 57.4 Å². The average Bonchev–Trinajstić information content (AvgIpc) is 2.74. The monoisotopic (exact) mass is 279 g/mol. The lowest BCUT2D eigenvalue weighted by molar-refractivity contribution is -0.151. The van der Waals surface area contributed by atoms with Gasteiger partial charge in [0.05, 0.1) is 11.8 Å². The summed E-state index contributed by atoms with van der Waals surface area (Å²) in [5.74, 6) is -1.76. The van der Waals surface area contributed by atoms with Crippen molar-refractivity contribution in [2.75, 3.05) is 7.05 Å². The zero-order chi connectivity index (χ0) is 14.5. The van der Waals surface area contributed by atoms with Crippen molar-refractivity contribution in [1.82, 2.24) is 4.90 Å². The van der Waals surface area contributed by atoms with Gasteiger partial charge in [0.25, 0.3) is 0 Å². The Morgan fingerprint density at radius 3 is 2.10 bits per heavy atom.